The number of rotatable bonds is 2. The fourth-order valence-corrected chi connectivity index (χ4v) is 0.562. The van der Waals surface area contributed by atoms with Gasteiger partial charge in [-0.15, -0.1) is 0 Å². The Bertz CT molecular complexity index is 135. The molecule has 0 aromatic rings. The standard InChI is InChI=1S/C6H9NS/c1-5(2)6(3-7)4-8/h3-4H,1,7H2,2H3. The molecular weight excluding hydrogens is 118 g/mol. The SMILES string of the molecule is C=C(C)C(C=S)=CN. The zero-order valence-corrected chi connectivity index (χ0v) is 5.66. The Morgan fingerprint density at radius 3 is 2.25 bits per heavy atom. The average Bonchev–Trinajstić information content (AvgIpc) is 1.69. The molecule has 0 bridgehead atoms. The first kappa shape index (κ1) is 7.37. The molecule has 0 amide bonds. The first-order valence-electron chi connectivity index (χ1n) is 2.25. The molecule has 0 saturated heterocycles. The molecule has 0 aromatic carbocycles. The van der Waals surface area contributed by atoms with Crippen LogP contribution in [0.5, 0.6) is 0 Å². The molecule has 44 valence electrons. The molecule has 0 heterocycles. The van der Waals surface area contributed by atoms with E-state index >= 15 is 0 Å². The Kier molecular flexibility index (Phi) is 3.12. The van der Waals surface area contributed by atoms with E-state index in [0.29, 0.717) is 0 Å². The zero-order chi connectivity index (χ0) is 6.57. The molecule has 2 N–H and O–H groups in total. The maximum absolute atomic E-state index is 5.16. The fourth-order valence-electron chi connectivity index (χ4n) is 0.282. The molecule has 0 radical (unpaired) electrons. The number of nitrogens with two attached hydrogens (primary N) is 1. The average molecular weight is 127 g/mol. The van der Waals surface area contributed by atoms with Crippen LogP contribution in [0.25, 0.3) is 0 Å². The minimum atomic E-state index is 0.833. The summed E-state index contributed by atoms with van der Waals surface area (Å²) in [7, 11) is 0. The third-order valence-corrected chi connectivity index (χ3v) is 1.05. The summed E-state index contributed by atoms with van der Waals surface area (Å²) in [6.07, 6.45) is 1.45. The van der Waals surface area contributed by atoms with Crippen molar-refractivity contribution in [2.24, 2.45) is 5.73 Å². The van der Waals surface area contributed by atoms with Gasteiger partial charge >= 0.3 is 0 Å². The van der Waals surface area contributed by atoms with Crippen LogP contribution in [0.1, 0.15) is 6.92 Å². The van der Waals surface area contributed by atoms with Gasteiger partial charge in [0.1, 0.15) is 0 Å². The van der Waals surface area contributed by atoms with Gasteiger partial charge in [0, 0.05) is 17.1 Å². The zero-order valence-electron chi connectivity index (χ0n) is 4.85. The van der Waals surface area contributed by atoms with Gasteiger partial charge in [-0.25, -0.2) is 0 Å². The summed E-state index contributed by atoms with van der Waals surface area (Å²) in [4.78, 5) is 0. The third kappa shape index (κ3) is 1.89. The van der Waals surface area contributed by atoms with Crippen molar-refractivity contribution in [3.63, 3.8) is 0 Å². The predicted molar refractivity (Wildman–Crippen MR) is 40.7 cm³/mol. The lowest BCUT2D eigenvalue weighted by Crippen LogP contribution is -1.88. The van der Waals surface area contributed by atoms with Crippen molar-refractivity contribution >= 4 is 17.6 Å². The molecule has 2 heteroatoms. The molecule has 0 aliphatic rings. The second-order valence-electron chi connectivity index (χ2n) is 1.52. The first-order chi connectivity index (χ1) is 3.72. The van der Waals surface area contributed by atoms with Crippen LogP contribution in [0.15, 0.2) is 23.9 Å². The maximum atomic E-state index is 5.16. The van der Waals surface area contributed by atoms with E-state index in [0.717, 1.165) is 11.1 Å². The van der Waals surface area contributed by atoms with Gasteiger partial charge < -0.3 is 5.73 Å². The number of allylic oxidation sites excluding steroid dienone is 2. The lowest BCUT2D eigenvalue weighted by Gasteiger charge is -1.92. The van der Waals surface area contributed by atoms with Crippen molar-refractivity contribution in [2.75, 3.05) is 0 Å². The van der Waals surface area contributed by atoms with Crippen LogP contribution in [0, 0.1) is 0 Å². The molecule has 0 aliphatic carbocycles. The Morgan fingerprint density at radius 1 is 1.75 bits per heavy atom. The van der Waals surface area contributed by atoms with Crippen LogP contribution < -0.4 is 5.73 Å². The summed E-state index contributed by atoms with van der Waals surface area (Å²) in [5, 5.41) is 1.52. The van der Waals surface area contributed by atoms with Crippen molar-refractivity contribution in [3.05, 3.63) is 23.9 Å². The van der Waals surface area contributed by atoms with Crippen LogP contribution in [-0.2, 0) is 0 Å². The van der Waals surface area contributed by atoms with Crippen LogP contribution in [0.2, 0.25) is 0 Å². The van der Waals surface area contributed by atoms with Gasteiger partial charge in [0.05, 0.1) is 0 Å². The summed E-state index contributed by atoms with van der Waals surface area (Å²) in [5.74, 6) is 0. The highest BCUT2D eigenvalue weighted by molar-refractivity contribution is 7.79. The number of hydrogen-bond acceptors (Lipinski definition) is 2. The van der Waals surface area contributed by atoms with Crippen molar-refractivity contribution in [1.29, 1.82) is 0 Å². The van der Waals surface area contributed by atoms with Gasteiger partial charge in [0.25, 0.3) is 0 Å². The van der Waals surface area contributed by atoms with E-state index < -0.39 is 0 Å². The summed E-state index contributed by atoms with van der Waals surface area (Å²) >= 11 is 4.61. The normalized spacial score (nSPS) is 10.9. The van der Waals surface area contributed by atoms with E-state index in [1.165, 1.54) is 11.6 Å². The highest BCUT2D eigenvalue weighted by Crippen LogP contribution is 1.99. The van der Waals surface area contributed by atoms with Crippen LogP contribution in [-0.4, -0.2) is 5.37 Å². The molecular formula is C6H9NS. The molecule has 0 aromatic heterocycles. The van der Waals surface area contributed by atoms with Gasteiger partial charge in [0.2, 0.25) is 0 Å². The largest absolute Gasteiger partial charge is 0.404 e. The van der Waals surface area contributed by atoms with E-state index in [2.05, 4.69) is 18.8 Å². The first-order valence-corrected chi connectivity index (χ1v) is 2.72. The summed E-state index contributed by atoms with van der Waals surface area (Å²) in [5.41, 5.74) is 6.90. The number of hydrogen-bond donors (Lipinski definition) is 1. The van der Waals surface area contributed by atoms with Gasteiger partial charge in [0.15, 0.2) is 0 Å². The van der Waals surface area contributed by atoms with Crippen molar-refractivity contribution in [1.82, 2.24) is 0 Å². The Hall–Kier alpha value is -0.630. The van der Waals surface area contributed by atoms with Crippen LogP contribution in [0.4, 0.5) is 0 Å². The number of thiocarbonyl (C=S) groups is 1. The van der Waals surface area contributed by atoms with Gasteiger partial charge in [-0.05, 0) is 12.5 Å². The van der Waals surface area contributed by atoms with E-state index in [1.54, 1.807) is 0 Å². The molecule has 0 spiro atoms. The van der Waals surface area contributed by atoms with Crippen molar-refractivity contribution < 1.29 is 0 Å². The molecule has 0 atom stereocenters. The predicted octanol–water partition coefficient (Wildman–Crippen LogP) is 1.40. The van der Waals surface area contributed by atoms with E-state index in [1.807, 2.05) is 6.92 Å². The molecule has 0 unspecified atom stereocenters. The quantitative estimate of drug-likeness (QED) is 0.345. The Labute approximate surface area is 54.9 Å². The summed E-state index contributed by atoms with van der Waals surface area (Å²) < 4.78 is 0. The minimum Gasteiger partial charge on any atom is -0.404 e. The monoisotopic (exact) mass is 127 g/mol. The molecule has 0 aliphatic heterocycles. The fraction of sp³-hybridized carbons (Fsp3) is 0.167. The second kappa shape index (κ2) is 3.38. The lowest BCUT2D eigenvalue weighted by atomic mass is 10.2. The lowest BCUT2D eigenvalue weighted by molar-refractivity contribution is 1.46. The van der Waals surface area contributed by atoms with E-state index in [-0.39, 0.29) is 0 Å². The third-order valence-electron chi connectivity index (χ3n) is 0.799. The van der Waals surface area contributed by atoms with E-state index in [9.17, 15) is 0 Å². The Balaban J connectivity index is 4.13. The molecule has 1 nitrogen and oxygen atoms in total. The molecule has 0 rings (SSSR count). The minimum absolute atomic E-state index is 0.833. The molecule has 0 saturated carbocycles. The smallest absolute Gasteiger partial charge is 0.0103 e. The molecule has 0 fully saturated rings. The van der Waals surface area contributed by atoms with Gasteiger partial charge in [-0.3, -0.25) is 0 Å². The van der Waals surface area contributed by atoms with Gasteiger partial charge in [-0.1, -0.05) is 18.8 Å². The topological polar surface area (TPSA) is 26.0 Å². The molecule has 8 heavy (non-hydrogen) atoms. The Morgan fingerprint density at radius 2 is 2.25 bits per heavy atom. The highest BCUT2D eigenvalue weighted by Gasteiger charge is 1.87. The highest BCUT2D eigenvalue weighted by atomic mass is 32.1. The van der Waals surface area contributed by atoms with Crippen LogP contribution >= 0.6 is 12.2 Å². The second-order valence-corrected chi connectivity index (χ2v) is 1.76. The summed E-state index contributed by atoms with van der Waals surface area (Å²) in [6, 6.07) is 0. The van der Waals surface area contributed by atoms with Crippen molar-refractivity contribution in [2.45, 2.75) is 6.92 Å². The van der Waals surface area contributed by atoms with Gasteiger partial charge in [-0.2, -0.15) is 0 Å². The summed E-state index contributed by atoms with van der Waals surface area (Å²) in [6.45, 7) is 5.51. The van der Waals surface area contributed by atoms with E-state index in [4.69, 9.17) is 5.73 Å². The van der Waals surface area contributed by atoms with Crippen LogP contribution in [0.3, 0.4) is 0 Å². The van der Waals surface area contributed by atoms with Crippen molar-refractivity contribution in [3.8, 4) is 0 Å². The maximum Gasteiger partial charge on any atom is 0.0103 e.